The molecular weight excluding hydrogens is 488 g/mol. The number of nitrogens with zero attached hydrogens (tertiary/aromatic N) is 5. The van der Waals surface area contributed by atoms with Crippen LogP contribution in [0.15, 0.2) is 53.3 Å². The van der Waals surface area contributed by atoms with Crippen molar-refractivity contribution in [2.24, 2.45) is 0 Å². The molecule has 0 aliphatic carbocycles. The van der Waals surface area contributed by atoms with E-state index in [-0.39, 0.29) is 24.9 Å². The molecule has 12 nitrogen and oxygen atoms in total. The van der Waals surface area contributed by atoms with Gasteiger partial charge in [-0.05, 0) is 30.7 Å². The summed E-state index contributed by atoms with van der Waals surface area (Å²) in [6.07, 6.45) is 3.28. The Balaban J connectivity index is 1.29. The van der Waals surface area contributed by atoms with Crippen LogP contribution in [-0.2, 0) is 19.6 Å². The third kappa shape index (κ3) is 4.45. The Morgan fingerprint density at radius 2 is 2.03 bits per heavy atom. The fourth-order valence-electron chi connectivity index (χ4n) is 3.82. The van der Waals surface area contributed by atoms with Gasteiger partial charge in [0, 0.05) is 30.5 Å². The van der Waals surface area contributed by atoms with E-state index in [0.717, 1.165) is 12.7 Å². The fourth-order valence-corrected chi connectivity index (χ4v) is 5.23. The average Bonchev–Trinajstić information content (AvgIpc) is 3.46. The standard InChI is InChI=1S/C23H22N6O6S/c1-14-6-7-15(9-17(14)25-22(31)18-10-24-19-5-3-4-8-29(18)19)21-26-23(35-27-21)16-11-28(12-16)36(32,33)13-20(30)34-2/h3-10,16H,11-13H2,1-2H3,(H,25,31). The molecule has 0 bridgehead atoms. The monoisotopic (exact) mass is 510 g/mol. The SMILES string of the molecule is COC(=O)CS(=O)(=O)N1CC(c2nc(-c3ccc(C)c(NC(=O)c4cnc5ccccn45)c3)no2)C1. The molecule has 4 aromatic rings. The quantitative estimate of drug-likeness (QED) is 0.368. The van der Waals surface area contributed by atoms with Crippen molar-refractivity contribution in [2.45, 2.75) is 12.8 Å². The Hall–Kier alpha value is -4.10. The van der Waals surface area contributed by atoms with Gasteiger partial charge in [-0.25, -0.2) is 13.4 Å². The number of esters is 1. The van der Waals surface area contributed by atoms with Crippen LogP contribution in [0.1, 0.15) is 27.9 Å². The number of ether oxygens (including phenoxy) is 1. The molecule has 0 unspecified atom stereocenters. The van der Waals surface area contributed by atoms with Gasteiger partial charge in [-0.1, -0.05) is 23.4 Å². The molecule has 1 amide bonds. The van der Waals surface area contributed by atoms with Gasteiger partial charge in [0.05, 0.1) is 19.2 Å². The van der Waals surface area contributed by atoms with Gasteiger partial charge in [0.2, 0.25) is 21.7 Å². The van der Waals surface area contributed by atoms with E-state index >= 15 is 0 Å². The van der Waals surface area contributed by atoms with E-state index in [1.54, 1.807) is 16.7 Å². The number of nitrogens with one attached hydrogen (secondary N) is 1. The number of pyridine rings is 1. The van der Waals surface area contributed by atoms with Crippen LogP contribution < -0.4 is 5.32 Å². The second-order valence-corrected chi connectivity index (χ2v) is 10.3. The highest BCUT2D eigenvalue weighted by molar-refractivity contribution is 7.89. The minimum absolute atomic E-state index is 0.134. The van der Waals surface area contributed by atoms with Gasteiger partial charge < -0.3 is 14.6 Å². The number of aromatic nitrogens is 4. The Labute approximate surface area is 205 Å². The van der Waals surface area contributed by atoms with Gasteiger partial charge in [0.15, 0.2) is 5.75 Å². The lowest BCUT2D eigenvalue weighted by atomic mass is 10.0. The van der Waals surface area contributed by atoms with E-state index in [2.05, 4.69) is 25.2 Å². The van der Waals surface area contributed by atoms with Crippen molar-refractivity contribution in [3.05, 3.63) is 65.9 Å². The molecule has 1 fully saturated rings. The number of imidazole rings is 1. The fraction of sp³-hybridized carbons (Fsp3) is 0.261. The average molecular weight is 511 g/mol. The largest absolute Gasteiger partial charge is 0.468 e. The highest BCUT2D eigenvalue weighted by Gasteiger charge is 2.40. The summed E-state index contributed by atoms with van der Waals surface area (Å²) < 4.78 is 37.1. The Morgan fingerprint density at radius 3 is 2.81 bits per heavy atom. The lowest BCUT2D eigenvalue weighted by Gasteiger charge is -2.35. The molecule has 0 saturated carbocycles. The second-order valence-electron chi connectivity index (χ2n) is 8.36. The summed E-state index contributed by atoms with van der Waals surface area (Å²) in [5.74, 6) is -1.51. The van der Waals surface area contributed by atoms with Crippen LogP contribution >= 0.6 is 0 Å². The summed E-state index contributed by atoms with van der Waals surface area (Å²) in [7, 11) is -2.62. The number of carbonyl (C=O) groups is 2. The van der Waals surface area contributed by atoms with Crippen molar-refractivity contribution in [1.82, 2.24) is 23.8 Å². The molecule has 1 aliphatic rings. The molecule has 4 heterocycles. The number of amides is 1. The van der Waals surface area contributed by atoms with Crippen LogP contribution in [0.3, 0.4) is 0 Å². The summed E-state index contributed by atoms with van der Waals surface area (Å²) in [6, 6.07) is 10.9. The predicted molar refractivity (Wildman–Crippen MR) is 128 cm³/mol. The van der Waals surface area contributed by atoms with Gasteiger partial charge in [0.25, 0.3) is 5.91 Å². The van der Waals surface area contributed by atoms with Crippen LogP contribution in [0.5, 0.6) is 0 Å². The summed E-state index contributed by atoms with van der Waals surface area (Å²) in [5, 5.41) is 6.94. The Bertz CT molecular complexity index is 1570. The molecular formula is C23H22N6O6S. The summed E-state index contributed by atoms with van der Waals surface area (Å²) in [6.45, 7) is 2.14. The minimum atomic E-state index is -3.75. The Morgan fingerprint density at radius 1 is 1.22 bits per heavy atom. The van der Waals surface area contributed by atoms with Gasteiger partial charge >= 0.3 is 5.97 Å². The lowest BCUT2D eigenvalue weighted by Crippen LogP contribution is -2.50. The summed E-state index contributed by atoms with van der Waals surface area (Å²) in [5.41, 5.74) is 3.11. The van der Waals surface area contributed by atoms with Crippen molar-refractivity contribution in [3.63, 3.8) is 0 Å². The second kappa shape index (κ2) is 9.17. The maximum Gasteiger partial charge on any atom is 0.322 e. The molecule has 186 valence electrons. The minimum Gasteiger partial charge on any atom is -0.468 e. The van der Waals surface area contributed by atoms with Crippen LogP contribution in [0, 0.1) is 6.92 Å². The normalized spacial score (nSPS) is 14.5. The first-order chi connectivity index (χ1) is 17.2. The maximum atomic E-state index is 12.9. The number of sulfonamides is 1. The number of carbonyl (C=O) groups excluding carboxylic acids is 2. The van der Waals surface area contributed by atoms with E-state index < -0.39 is 21.7 Å². The molecule has 0 radical (unpaired) electrons. The van der Waals surface area contributed by atoms with Crippen LogP contribution in [0.25, 0.3) is 17.0 Å². The molecule has 0 atom stereocenters. The number of hydrogen-bond donors (Lipinski definition) is 1. The topological polar surface area (TPSA) is 149 Å². The zero-order valence-electron chi connectivity index (χ0n) is 19.4. The zero-order valence-corrected chi connectivity index (χ0v) is 20.2. The molecule has 1 aromatic carbocycles. The van der Waals surface area contributed by atoms with E-state index in [1.807, 2.05) is 37.3 Å². The molecule has 1 saturated heterocycles. The van der Waals surface area contributed by atoms with Crippen molar-refractivity contribution in [3.8, 4) is 11.4 Å². The van der Waals surface area contributed by atoms with Crippen molar-refractivity contribution in [1.29, 1.82) is 0 Å². The number of hydrogen-bond acceptors (Lipinski definition) is 9. The maximum absolute atomic E-state index is 12.9. The first-order valence-electron chi connectivity index (χ1n) is 11.0. The summed E-state index contributed by atoms with van der Waals surface area (Å²) >= 11 is 0. The van der Waals surface area contributed by atoms with E-state index in [4.69, 9.17) is 4.52 Å². The molecule has 5 rings (SSSR count). The molecule has 1 N–H and O–H groups in total. The molecule has 1 aliphatic heterocycles. The van der Waals surface area contributed by atoms with E-state index in [0.29, 0.717) is 34.3 Å². The van der Waals surface area contributed by atoms with Crippen molar-refractivity contribution >= 4 is 33.2 Å². The summed E-state index contributed by atoms with van der Waals surface area (Å²) in [4.78, 5) is 32.9. The first kappa shape index (κ1) is 23.6. The Kier molecular flexibility index (Phi) is 6.02. The zero-order chi connectivity index (χ0) is 25.4. The number of benzene rings is 1. The van der Waals surface area contributed by atoms with E-state index in [9.17, 15) is 18.0 Å². The number of methoxy groups -OCH3 is 1. The smallest absolute Gasteiger partial charge is 0.322 e. The number of aryl methyl sites for hydroxylation is 1. The number of fused-ring (bicyclic) bond motifs is 1. The van der Waals surface area contributed by atoms with Crippen molar-refractivity contribution < 1.29 is 27.3 Å². The molecule has 0 spiro atoms. The highest BCUT2D eigenvalue weighted by atomic mass is 32.2. The van der Waals surface area contributed by atoms with Crippen LogP contribution in [0.4, 0.5) is 5.69 Å². The van der Waals surface area contributed by atoms with Crippen LogP contribution in [-0.4, -0.2) is 70.1 Å². The molecule has 13 heteroatoms. The third-order valence-electron chi connectivity index (χ3n) is 5.95. The van der Waals surface area contributed by atoms with Gasteiger partial charge in [0.1, 0.15) is 11.3 Å². The number of anilines is 1. The van der Waals surface area contributed by atoms with Gasteiger partial charge in [-0.3, -0.25) is 14.0 Å². The third-order valence-corrected chi connectivity index (χ3v) is 7.64. The van der Waals surface area contributed by atoms with Gasteiger partial charge in [-0.15, -0.1) is 0 Å². The first-order valence-corrected chi connectivity index (χ1v) is 12.6. The number of rotatable bonds is 7. The lowest BCUT2D eigenvalue weighted by molar-refractivity contribution is -0.137. The van der Waals surface area contributed by atoms with Crippen LogP contribution in [0.2, 0.25) is 0 Å². The van der Waals surface area contributed by atoms with Crippen molar-refractivity contribution in [2.75, 3.05) is 31.3 Å². The molecule has 3 aromatic heterocycles. The molecule has 36 heavy (non-hydrogen) atoms. The highest BCUT2D eigenvalue weighted by Crippen LogP contribution is 2.31. The van der Waals surface area contributed by atoms with Gasteiger partial charge in [-0.2, -0.15) is 9.29 Å². The predicted octanol–water partition coefficient (Wildman–Crippen LogP) is 1.85. The van der Waals surface area contributed by atoms with E-state index in [1.165, 1.54) is 10.5 Å².